The van der Waals surface area contributed by atoms with Gasteiger partial charge in [-0.2, -0.15) is 0 Å². The maximum Gasteiger partial charge on any atom is -0.0544 e. The summed E-state index contributed by atoms with van der Waals surface area (Å²) in [4.78, 5) is 2.38. The molecule has 0 N–H and O–H groups in total. The van der Waals surface area contributed by atoms with Crippen LogP contribution >= 0.6 is 0 Å². The third-order valence-corrected chi connectivity index (χ3v) is 11.8. The molecule has 0 bridgehead atoms. The van der Waals surface area contributed by atoms with E-state index in [4.69, 9.17) is 0 Å². The monoisotopic (exact) mass is 677 g/mol. The van der Waals surface area contributed by atoms with Crippen LogP contribution in [0.5, 0.6) is 0 Å². The van der Waals surface area contributed by atoms with Gasteiger partial charge >= 0.3 is 252 Å². The molecule has 0 spiro atoms. The molecule has 9 aromatic rings. The molecule has 0 aliphatic heterocycles. The average molecular weight is 677 g/mol. The Morgan fingerprint density at radius 3 is 1.75 bits per heavy atom. The molecule has 8 aromatic carbocycles. The van der Waals surface area contributed by atoms with E-state index in [1.54, 1.807) is 0 Å². The summed E-state index contributed by atoms with van der Waals surface area (Å²) in [5, 5.41) is 5.49. The molecular formula is C46H31NSe. The Morgan fingerprint density at radius 1 is 0.354 bits per heavy atom. The van der Waals surface area contributed by atoms with Gasteiger partial charge in [0.2, 0.25) is 0 Å². The van der Waals surface area contributed by atoms with Crippen LogP contribution in [0.15, 0.2) is 188 Å². The van der Waals surface area contributed by atoms with Crippen molar-refractivity contribution in [2.75, 3.05) is 4.90 Å². The topological polar surface area (TPSA) is 3.24 Å². The molecule has 0 aliphatic rings. The molecule has 48 heavy (non-hydrogen) atoms. The first-order valence-electron chi connectivity index (χ1n) is 16.4. The summed E-state index contributed by atoms with van der Waals surface area (Å²) in [6, 6.07) is 68.4. The Hall–Kier alpha value is -5.66. The fourth-order valence-electron chi connectivity index (χ4n) is 6.98. The second-order valence-corrected chi connectivity index (χ2v) is 14.3. The summed E-state index contributed by atoms with van der Waals surface area (Å²) in [5.41, 5.74) is 10.8. The molecule has 0 aliphatic carbocycles. The van der Waals surface area contributed by atoms with Crippen molar-refractivity contribution in [3.8, 4) is 33.4 Å². The summed E-state index contributed by atoms with van der Waals surface area (Å²) >= 11 is 0.254. The number of hydrogen-bond acceptors (Lipinski definition) is 1. The van der Waals surface area contributed by atoms with Gasteiger partial charge in [-0.1, -0.05) is 30.3 Å². The molecule has 0 unspecified atom stereocenters. The largest absolute Gasteiger partial charge is 0.0617 e. The zero-order valence-corrected chi connectivity index (χ0v) is 28.0. The first kappa shape index (κ1) is 28.6. The van der Waals surface area contributed by atoms with Crippen molar-refractivity contribution in [3.63, 3.8) is 0 Å². The fourth-order valence-corrected chi connectivity index (χ4v) is 9.66. The number of rotatable bonds is 6. The first-order valence-corrected chi connectivity index (χ1v) is 18.1. The van der Waals surface area contributed by atoms with Crippen molar-refractivity contribution < 1.29 is 0 Å². The molecule has 0 radical (unpaired) electrons. The zero-order valence-electron chi connectivity index (χ0n) is 26.3. The zero-order chi connectivity index (χ0) is 31.9. The quantitative estimate of drug-likeness (QED) is 0.159. The third-order valence-electron chi connectivity index (χ3n) is 9.28. The Kier molecular flexibility index (Phi) is 7.24. The number of nitrogens with zero attached hydrogens (tertiary/aromatic N) is 1. The standard InChI is InChI=1S/C46H31NSe/c1-3-13-32(14-4-1)33-23-27-37(28-24-33)47(36-16-5-2-6-17-36)44-22-12-11-21-41(44)40-20-10-9-18-38(40)35-26-29-42-43-30-25-34-15-7-8-19-39(34)46(43)48-45(42)31-35/h1-31H. The maximum absolute atomic E-state index is 2.45. The second kappa shape index (κ2) is 12.2. The number of benzene rings is 8. The molecule has 0 saturated carbocycles. The number of hydrogen-bond donors (Lipinski definition) is 0. The van der Waals surface area contributed by atoms with Crippen molar-refractivity contribution in [2.24, 2.45) is 0 Å². The van der Waals surface area contributed by atoms with E-state index >= 15 is 0 Å². The minimum absolute atomic E-state index is 0.254. The van der Waals surface area contributed by atoms with Gasteiger partial charge in [-0.3, -0.25) is 0 Å². The van der Waals surface area contributed by atoms with Crippen LogP contribution in [0.4, 0.5) is 17.1 Å². The summed E-state index contributed by atoms with van der Waals surface area (Å²) in [6.07, 6.45) is 0. The van der Waals surface area contributed by atoms with E-state index in [-0.39, 0.29) is 14.5 Å². The molecule has 2 heteroatoms. The number of fused-ring (bicyclic) bond motifs is 5. The molecule has 1 nitrogen and oxygen atoms in total. The van der Waals surface area contributed by atoms with Gasteiger partial charge in [0.25, 0.3) is 0 Å². The molecule has 1 aromatic heterocycles. The summed E-state index contributed by atoms with van der Waals surface area (Å²) in [6.45, 7) is 0. The van der Waals surface area contributed by atoms with Crippen molar-refractivity contribution in [1.82, 2.24) is 0 Å². The van der Waals surface area contributed by atoms with E-state index in [1.165, 1.54) is 63.4 Å². The van der Waals surface area contributed by atoms with Gasteiger partial charge in [0.05, 0.1) is 0 Å². The Labute approximate surface area is 286 Å². The summed E-state index contributed by atoms with van der Waals surface area (Å²) in [5.74, 6) is 0. The van der Waals surface area contributed by atoms with E-state index in [0.29, 0.717) is 0 Å². The van der Waals surface area contributed by atoms with Crippen LogP contribution in [-0.2, 0) is 0 Å². The normalized spacial score (nSPS) is 11.3. The Balaban J connectivity index is 1.18. The van der Waals surface area contributed by atoms with Gasteiger partial charge < -0.3 is 0 Å². The van der Waals surface area contributed by atoms with E-state index in [0.717, 1.165) is 17.1 Å². The Bertz CT molecular complexity index is 2550. The molecule has 226 valence electrons. The molecule has 0 saturated heterocycles. The van der Waals surface area contributed by atoms with Crippen molar-refractivity contribution in [3.05, 3.63) is 188 Å². The fraction of sp³-hybridized carbons (Fsp3) is 0. The van der Waals surface area contributed by atoms with E-state index in [2.05, 4.69) is 193 Å². The predicted octanol–water partition coefficient (Wildman–Crippen LogP) is 12.7. The predicted molar refractivity (Wildman–Crippen MR) is 207 cm³/mol. The first-order chi connectivity index (χ1) is 23.8. The summed E-state index contributed by atoms with van der Waals surface area (Å²) < 4.78 is 2.96. The van der Waals surface area contributed by atoms with Gasteiger partial charge in [-0.15, -0.1) is 0 Å². The van der Waals surface area contributed by atoms with E-state index in [1.807, 2.05) is 0 Å². The Morgan fingerprint density at radius 2 is 0.938 bits per heavy atom. The number of anilines is 3. The number of para-hydroxylation sites is 2. The SMILES string of the molecule is c1ccc(-c2ccc(N(c3ccccc3)c3ccccc3-c3ccccc3-c3ccc4c(c3)[se]c3c5ccccc5ccc43)cc2)cc1. The van der Waals surface area contributed by atoms with Crippen LogP contribution in [0.3, 0.4) is 0 Å². The van der Waals surface area contributed by atoms with Crippen molar-refractivity contribution in [2.45, 2.75) is 0 Å². The van der Waals surface area contributed by atoms with Gasteiger partial charge in [0.15, 0.2) is 0 Å². The summed E-state index contributed by atoms with van der Waals surface area (Å²) in [7, 11) is 0. The van der Waals surface area contributed by atoms with Gasteiger partial charge in [0.1, 0.15) is 0 Å². The van der Waals surface area contributed by atoms with Crippen LogP contribution in [-0.4, -0.2) is 14.5 Å². The van der Waals surface area contributed by atoms with Gasteiger partial charge in [-0.25, -0.2) is 0 Å². The van der Waals surface area contributed by atoms with Crippen LogP contribution in [0.1, 0.15) is 0 Å². The van der Waals surface area contributed by atoms with Crippen molar-refractivity contribution in [1.29, 1.82) is 0 Å². The van der Waals surface area contributed by atoms with Gasteiger partial charge in [-0.05, 0) is 5.56 Å². The smallest absolute Gasteiger partial charge is 0.0544 e. The molecule has 0 atom stereocenters. The van der Waals surface area contributed by atoms with Crippen LogP contribution in [0.2, 0.25) is 0 Å². The minimum Gasteiger partial charge on any atom is -0.0617 e. The van der Waals surface area contributed by atoms with E-state index in [9.17, 15) is 0 Å². The van der Waals surface area contributed by atoms with Crippen LogP contribution in [0.25, 0.3) is 63.4 Å². The second-order valence-electron chi connectivity index (χ2n) is 12.1. The minimum atomic E-state index is 0.254. The molecule has 9 rings (SSSR count). The molecular weight excluding hydrogens is 645 g/mol. The van der Waals surface area contributed by atoms with Crippen molar-refractivity contribution >= 4 is 61.6 Å². The van der Waals surface area contributed by atoms with Crippen LogP contribution in [0, 0.1) is 0 Å². The molecule has 0 amide bonds. The average Bonchev–Trinajstić information content (AvgIpc) is 3.55. The molecule has 1 heterocycles. The van der Waals surface area contributed by atoms with Gasteiger partial charge in [0, 0.05) is 0 Å². The molecule has 0 fully saturated rings. The third kappa shape index (κ3) is 5.04. The van der Waals surface area contributed by atoms with E-state index < -0.39 is 0 Å². The maximum atomic E-state index is 2.45. The van der Waals surface area contributed by atoms with Crippen LogP contribution < -0.4 is 4.90 Å².